The molecule has 13 heteroatoms. The zero-order chi connectivity index (χ0) is 23.3. The molecule has 0 bridgehead atoms. The summed E-state index contributed by atoms with van der Waals surface area (Å²) >= 11 is 0. The van der Waals surface area contributed by atoms with E-state index in [9.17, 15) is 36.5 Å². The number of hydrogen-bond donors (Lipinski definition) is 0. The summed E-state index contributed by atoms with van der Waals surface area (Å²) in [5.74, 6) is -0.172. The van der Waals surface area contributed by atoms with Gasteiger partial charge >= 0.3 is 12.4 Å². The van der Waals surface area contributed by atoms with E-state index in [1.807, 2.05) is 0 Å². The first kappa shape index (κ1) is 21.8. The lowest BCUT2D eigenvalue weighted by Crippen LogP contribution is -2.35. The molecule has 1 aliphatic heterocycles. The molecule has 0 aliphatic carbocycles. The lowest BCUT2D eigenvalue weighted by Gasteiger charge is -2.33. The van der Waals surface area contributed by atoms with Crippen LogP contribution < -0.4 is 4.90 Å². The summed E-state index contributed by atoms with van der Waals surface area (Å²) in [5, 5.41) is 19.3. The number of nitro benzene ring substituents is 1. The van der Waals surface area contributed by atoms with Crippen molar-refractivity contribution in [1.29, 1.82) is 0 Å². The topological polar surface area (TPSA) is 76.6 Å². The van der Waals surface area contributed by atoms with Gasteiger partial charge in [-0.05, 0) is 37.1 Å². The average molecular weight is 459 g/mol. The number of nitrogens with zero attached hydrogens (tertiary/aromatic N) is 5. The Labute approximate surface area is 176 Å². The number of benzene rings is 1. The van der Waals surface area contributed by atoms with Crippen molar-refractivity contribution in [2.24, 2.45) is 0 Å². The predicted octanol–water partition coefficient (Wildman–Crippen LogP) is 5.06. The lowest BCUT2D eigenvalue weighted by atomic mass is 9.96. The van der Waals surface area contributed by atoms with Gasteiger partial charge in [-0.15, -0.1) is 10.2 Å². The van der Waals surface area contributed by atoms with Crippen LogP contribution in [0.15, 0.2) is 36.5 Å². The van der Waals surface area contributed by atoms with Crippen molar-refractivity contribution in [2.45, 2.75) is 31.1 Å². The number of hydrogen-bond acceptors (Lipinski definition) is 5. The van der Waals surface area contributed by atoms with E-state index in [-0.39, 0.29) is 23.7 Å². The normalized spacial score (nSPS) is 17.7. The molecule has 1 atom stereocenters. The van der Waals surface area contributed by atoms with Crippen LogP contribution in [0, 0.1) is 10.1 Å². The molecule has 4 rings (SSSR count). The zero-order valence-electron chi connectivity index (χ0n) is 16.2. The van der Waals surface area contributed by atoms with Crippen LogP contribution in [0.1, 0.15) is 35.7 Å². The Balaban J connectivity index is 1.68. The number of halogens is 6. The van der Waals surface area contributed by atoms with Crippen LogP contribution in [-0.2, 0) is 12.4 Å². The van der Waals surface area contributed by atoms with E-state index >= 15 is 0 Å². The lowest BCUT2D eigenvalue weighted by molar-refractivity contribution is -0.384. The predicted molar refractivity (Wildman–Crippen MR) is 100 cm³/mol. The molecule has 1 fully saturated rings. The van der Waals surface area contributed by atoms with E-state index in [4.69, 9.17) is 0 Å². The average Bonchev–Trinajstić information content (AvgIpc) is 3.15. The van der Waals surface area contributed by atoms with Crippen molar-refractivity contribution < 1.29 is 31.3 Å². The van der Waals surface area contributed by atoms with Gasteiger partial charge in [-0.3, -0.25) is 14.5 Å². The minimum atomic E-state index is -4.73. The second-order valence-electron chi connectivity index (χ2n) is 7.45. The molecule has 3 heterocycles. The van der Waals surface area contributed by atoms with E-state index in [1.54, 1.807) is 4.90 Å². The smallest absolute Gasteiger partial charge is 0.365 e. The summed E-state index contributed by atoms with van der Waals surface area (Å²) in [4.78, 5) is 12.1. The van der Waals surface area contributed by atoms with Crippen LogP contribution in [-0.4, -0.2) is 32.6 Å². The van der Waals surface area contributed by atoms with E-state index in [0.29, 0.717) is 25.5 Å². The molecule has 0 amide bonds. The molecule has 1 aromatic carbocycles. The Hall–Kier alpha value is -3.38. The van der Waals surface area contributed by atoms with Crippen LogP contribution in [0.3, 0.4) is 0 Å². The number of aromatic nitrogens is 3. The largest absolute Gasteiger partial charge is 0.417 e. The molecule has 0 spiro atoms. The van der Waals surface area contributed by atoms with Crippen molar-refractivity contribution in [3.63, 3.8) is 0 Å². The molecule has 0 N–H and O–H groups in total. The van der Waals surface area contributed by atoms with Crippen molar-refractivity contribution in [3.8, 4) is 0 Å². The van der Waals surface area contributed by atoms with E-state index in [0.717, 1.165) is 24.4 Å². The molecule has 3 aromatic rings. The Morgan fingerprint density at radius 2 is 1.69 bits per heavy atom. The molecule has 7 nitrogen and oxygen atoms in total. The van der Waals surface area contributed by atoms with E-state index < -0.39 is 40.0 Å². The van der Waals surface area contributed by atoms with Crippen molar-refractivity contribution in [3.05, 3.63) is 63.6 Å². The molecule has 2 aromatic heterocycles. The first-order valence-electron chi connectivity index (χ1n) is 9.47. The van der Waals surface area contributed by atoms with Gasteiger partial charge in [0.25, 0.3) is 5.69 Å². The number of fused-ring (bicyclic) bond motifs is 1. The second kappa shape index (κ2) is 7.64. The summed E-state index contributed by atoms with van der Waals surface area (Å²) in [7, 11) is 0. The Kier molecular flexibility index (Phi) is 5.21. The molecule has 170 valence electrons. The number of alkyl halides is 6. The minimum absolute atomic E-state index is 0.0116. The molecule has 1 aliphatic rings. The van der Waals surface area contributed by atoms with Crippen molar-refractivity contribution >= 4 is 17.0 Å². The second-order valence-corrected chi connectivity index (χ2v) is 7.45. The van der Waals surface area contributed by atoms with Gasteiger partial charge in [-0.2, -0.15) is 26.3 Å². The fourth-order valence-corrected chi connectivity index (χ4v) is 3.87. The summed E-state index contributed by atoms with van der Waals surface area (Å²) in [6, 6.07) is 4.40. The van der Waals surface area contributed by atoms with Crippen molar-refractivity contribution in [1.82, 2.24) is 14.6 Å². The van der Waals surface area contributed by atoms with Gasteiger partial charge in [0.05, 0.1) is 16.1 Å². The first-order valence-corrected chi connectivity index (χ1v) is 9.47. The third kappa shape index (κ3) is 4.06. The summed E-state index contributed by atoms with van der Waals surface area (Å²) < 4.78 is 79.5. The van der Waals surface area contributed by atoms with Gasteiger partial charge in [-0.25, -0.2) is 0 Å². The summed E-state index contributed by atoms with van der Waals surface area (Å²) in [6.45, 7) is 0.469. The van der Waals surface area contributed by atoms with E-state index in [1.165, 1.54) is 10.5 Å². The molecular weight excluding hydrogens is 444 g/mol. The minimum Gasteiger partial charge on any atom is -0.365 e. The highest BCUT2D eigenvalue weighted by Gasteiger charge is 2.36. The van der Waals surface area contributed by atoms with Gasteiger partial charge < -0.3 is 4.90 Å². The van der Waals surface area contributed by atoms with E-state index in [2.05, 4.69) is 10.2 Å². The van der Waals surface area contributed by atoms with Gasteiger partial charge in [0.2, 0.25) is 0 Å². The quantitative estimate of drug-likeness (QED) is 0.311. The maximum absolute atomic E-state index is 13.1. The Morgan fingerprint density at radius 3 is 2.34 bits per heavy atom. The van der Waals surface area contributed by atoms with Gasteiger partial charge in [0, 0.05) is 31.3 Å². The van der Waals surface area contributed by atoms with Crippen LogP contribution in [0.4, 0.5) is 37.7 Å². The maximum atomic E-state index is 13.1. The number of rotatable bonds is 3. The number of piperidine rings is 1. The van der Waals surface area contributed by atoms with Crippen LogP contribution >= 0.6 is 0 Å². The summed E-state index contributed by atoms with van der Waals surface area (Å²) in [5.41, 5.74) is -2.48. The Morgan fingerprint density at radius 1 is 1.00 bits per heavy atom. The number of nitro groups is 1. The molecule has 0 unspecified atom stereocenters. The highest BCUT2D eigenvalue weighted by molar-refractivity contribution is 5.65. The maximum Gasteiger partial charge on any atom is 0.417 e. The highest BCUT2D eigenvalue weighted by atomic mass is 19.4. The number of anilines is 1. The highest BCUT2D eigenvalue weighted by Crippen LogP contribution is 2.39. The number of pyridine rings is 1. The molecule has 1 saturated heterocycles. The third-order valence-corrected chi connectivity index (χ3v) is 5.38. The third-order valence-electron chi connectivity index (χ3n) is 5.38. The fourth-order valence-electron chi connectivity index (χ4n) is 3.87. The Bertz CT molecular complexity index is 1170. The summed E-state index contributed by atoms with van der Waals surface area (Å²) in [6.07, 6.45) is -7.36. The van der Waals surface area contributed by atoms with Crippen LogP contribution in [0.2, 0.25) is 0 Å². The van der Waals surface area contributed by atoms with Gasteiger partial charge in [0.1, 0.15) is 11.5 Å². The van der Waals surface area contributed by atoms with Crippen LogP contribution in [0.5, 0.6) is 0 Å². The molecular formula is C19H15F6N5O2. The molecule has 0 radical (unpaired) electrons. The zero-order valence-corrected chi connectivity index (χ0v) is 16.2. The molecule has 32 heavy (non-hydrogen) atoms. The monoisotopic (exact) mass is 459 g/mol. The molecule has 0 saturated carbocycles. The van der Waals surface area contributed by atoms with Gasteiger partial charge in [0.15, 0.2) is 5.65 Å². The van der Waals surface area contributed by atoms with Gasteiger partial charge in [-0.1, -0.05) is 0 Å². The van der Waals surface area contributed by atoms with Crippen molar-refractivity contribution in [2.75, 3.05) is 18.0 Å². The SMILES string of the molecule is O=[N+]([O-])c1cc(C(F)(F)F)ccc1N1CCC[C@H](c2nnc3ccc(C(F)(F)F)cn23)C1. The van der Waals surface area contributed by atoms with Crippen LogP contribution in [0.25, 0.3) is 5.65 Å². The first-order chi connectivity index (χ1) is 14.9. The standard InChI is InChI=1S/C19H15F6N5O2/c20-18(21,22)12-3-5-14(15(8-12)30(31)32)28-7-1-2-11(9-28)17-27-26-16-6-4-13(10-29(16)17)19(23,24)25/h3-6,8,10-11H,1-2,7,9H2/t11-/m0/s1. The fraction of sp³-hybridized carbons (Fsp3) is 0.368.